The van der Waals surface area contributed by atoms with Gasteiger partial charge in [-0.05, 0) is 23.8 Å². The van der Waals surface area contributed by atoms with Gasteiger partial charge in [-0.2, -0.15) is 5.26 Å². The lowest BCUT2D eigenvalue weighted by atomic mass is 10.1. The highest BCUT2D eigenvalue weighted by atomic mass is 35.5. The molecule has 0 saturated carbocycles. The van der Waals surface area contributed by atoms with Crippen LogP contribution < -0.4 is 9.47 Å². The van der Waals surface area contributed by atoms with Gasteiger partial charge in [0.05, 0.1) is 12.1 Å². The Bertz CT molecular complexity index is 682. The fourth-order valence-corrected chi connectivity index (χ4v) is 1.90. The lowest BCUT2D eigenvalue weighted by Crippen LogP contribution is -2.22. The SMILES string of the molecule is C#CCOc1c(Cl)cc(/C=C(/C#N)C(=O)N(C)C)cc1OC. The molecule has 1 rings (SSSR count). The summed E-state index contributed by atoms with van der Waals surface area (Å²) in [5.41, 5.74) is 0.530. The quantitative estimate of drug-likeness (QED) is 0.475. The Hall–Kier alpha value is -2.63. The third-order valence-corrected chi connectivity index (χ3v) is 2.90. The molecule has 0 saturated heterocycles. The molecule has 0 N–H and O–H groups in total. The van der Waals surface area contributed by atoms with Gasteiger partial charge in [0.1, 0.15) is 18.2 Å². The number of nitrogens with zero attached hydrogens (tertiary/aromatic N) is 2. The van der Waals surface area contributed by atoms with Crippen LogP contribution in [-0.2, 0) is 4.79 Å². The van der Waals surface area contributed by atoms with Crippen molar-refractivity contribution in [2.75, 3.05) is 27.8 Å². The van der Waals surface area contributed by atoms with Crippen LogP contribution in [0, 0.1) is 23.7 Å². The highest BCUT2D eigenvalue weighted by Gasteiger charge is 2.14. The van der Waals surface area contributed by atoms with E-state index in [0.717, 1.165) is 0 Å². The van der Waals surface area contributed by atoms with E-state index in [9.17, 15) is 4.79 Å². The first-order valence-corrected chi connectivity index (χ1v) is 6.59. The van der Waals surface area contributed by atoms with Crippen molar-refractivity contribution in [2.45, 2.75) is 0 Å². The van der Waals surface area contributed by atoms with Crippen molar-refractivity contribution in [3.8, 4) is 29.9 Å². The predicted octanol–water partition coefficient (Wildman–Crippen LogP) is 2.36. The largest absolute Gasteiger partial charge is 0.493 e. The van der Waals surface area contributed by atoms with Crippen LogP contribution in [0.2, 0.25) is 5.02 Å². The third kappa shape index (κ3) is 4.18. The Morgan fingerprint density at radius 2 is 2.18 bits per heavy atom. The molecule has 0 radical (unpaired) electrons. The Labute approximate surface area is 134 Å². The second-order valence-electron chi connectivity index (χ2n) is 4.40. The second kappa shape index (κ2) is 7.97. The molecule has 5 nitrogen and oxygen atoms in total. The average molecular weight is 319 g/mol. The number of methoxy groups -OCH3 is 1. The van der Waals surface area contributed by atoms with Crippen LogP contribution in [0.4, 0.5) is 0 Å². The summed E-state index contributed by atoms with van der Waals surface area (Å²) in [5.74, 6) is 2.62. The number of ether oxygens (including phenoxy) is 2. The normalized spacial score (nSPS) is 10.4. The van der Waals surface area contributed by atoms with Gasteiger partial charge in [0.15, 0.2) is 11.5 Å². The molecular weight excluding hydrogens is 304 g/mol. The van der Waals surface area contributed by atoms with E-state index in [2.05, 4.69) is 5.92 Å². The molecule has 0 unspecified atom stereocenters. The summed E-state index contributed by atoms with van der Waals surface area (Å²) >= 11 is 6.14. The summed E-state index contributed by atoms with van der Waals surface area (Å²) in [6, 6.07) is 5.04. The maximum atomic E-state index is 11.9. The number of carbonyl (C=O) groups is 1. The van der Waals surface area contributed by atoms with E-state index in [4.69, 9.17) is 32.8 Å². The van der Waals surface area contributed by atoms with Crippen LogP contribution >= 0.6 is 11.6 Å². The van der Waals surface area contributed by atoms with Gasteiger partial charge in [0.2, 0.25) is 0 Å². The average Bonchev–Trinajstić information content (AvgIpc) is 2.50. The molecular formula is C16H15ClN2O3. The maximum Gasteiger partial charge on any atom is 0.264 e. The summed E-state index contributed by atoms with van der Waals surface area (Å²) in [7, 11) is 4.59. The number of halogens is 1. The fraction of sp³-hybridized carbons (Fsp3) is 0.250. The van der Waals surface area contributed by atoms with Crippen LogP contribution in [-0.4, -0.2) is 38.6 Å². The first-order chi connectivity index (χ1) is 10.4. The smallest absolute Gasteiger partial charge is 0.264 e. The molecule has 0 aromatic heterocycles. The standard InChI is InChI=1S/C16H15ClN2O3/c1-5-6-22-15-13(17)8-11(9-14(15)21-4)7-12(10-18)16(20)19(2)3/h1,7-9H,6H2,2-4H3/b12-7-. The summed E-state index contributed by atoms with van der Waals surface area (Å²) in [6.45, 7) is 0.0494. The number of rotatable bonds is 5. The molecule has 0 heterocycles. The molecule has 1 aromatic carbocycles. The molecule has 0 bridgehead atoms. The van der Waals surface area contributed by atoms with Crippen LogP contribution in [0.1, 0.15) is 5.56 Å². The van der Waals surface area contributed by atoms with Gasteiger partial charge >= 0.3 is 0 Å². The summed E-state index contributed by atoms with van der Waals surface area (Å²) in [5, 5.41) is 9.37. The number of nitriles is 1. The van der Waals surface area contributed by atoms with E-state index in [0.29, 0.717) is 17.1 Å². The second-order valence-corrected chi connectivity index (χ2v) is 4.80. The highest BCUT2D eigenvalue weighted by Crippen LogP contribution is 2.37. The number of amides is 1. The number of carbonyl (C=O) groups excluding carboxylic acids is 1. The number of likely N-dealkylation sites (N-methyl/N-ethyl adjacent to an activating group) is 1. The van der Waals surface area contributed by atoms with Crippen molar-refractivity contribution in [1.29, 1.82) is 5.26 Å². The minimum Gasteiger partial charge on any atom is -0.493 e. The van der Waals surface area contributed by atoms with E-state index in [1.54, 1.807) is 26.2 Å². The first kappa shape index (κ1) is 17.4. The summed E-state index contributed by atoms with van der Waals surface area (Å²) < 4.78 is 10.5. The van der Waals surface area contributed by atoms with Crippen LogP contribution in [0.3, 0.4) is 0 Å². The lowest BCUT2D eigenvalue weighted by Gasteiger charge is -2.12. The molecule has 0 atom stereocenters. The molecule has 0 aliphatic carbocycles. The monoisotopic (exact) mass is 318 g/mol. The minimum absolute atomic E-state index is 0.0135. The molecule has 22 heavy (non-hydrogen) atoms. The highest BCUT2D eigenvalue weighted by molar-refractivity contribution is 6.32. The summed E-state index contributed by atoms with van der Waals surface area (Å²) in [4.78, 5) is 13.2. The van der Waals surface area contributed by atoms with Crippen molar-refractivity contribution in [2.24, 2.45) is 0 Å². The zero-order valence-corrected chi connectivity index (χ0v) is 13.3. The molecule has 0 fully saturated rings. The Morgan fingerprint density at radius 1 is 1.50 bits per heavy atom. The van der Waals surface area contributed by atoms with Gasteiger partial charge in [0.25, 0.3) is 5.91 Å². The maximum absolute atomic E-state index is 11.9. The van der Waals surface area contributed by atoms with E-state index in [1.165, 1.54) is 18.1 Å². The van der Waals surface area contributed by atoms with Crippen molar-refractivity contribution >= 4 is 23.6 Å². The first-order valence-electron chi connectivity index (χ1n) is 6.21. The molecule has 6 heteroatoms. The molecule has 1 aromatic rings. The molecule has 114 valence electrons. The van der Waals surface area contributed by atoms with E-state index < -0.39 is 5.91 Å². The molecule has 1 amide bonds. The predicted molar refractivity (Wildman–Crippen MR) is 84.6 cm³/mol. The molecule has 0 aliphatic heterocycles. The van der Waals surface area contributed by atoms with Crippen LogP contribution in [0.5, 0.6) is 11.5 Å². The minimum atomic E-state index is -0.398. The van der Waals surface area contributed by atoms with Crippen molar-refractivity contribution < 1.29 is 14.3 Å². The van der Waals surface area contributed by atoms with Gasteiger partial charge in [0, 0.05) is 14.1 Å². The lowest BCUT2D eigenvalue weighted by molar-refractivity contribution is -0.124. The van der Waals surface area contributed by atoms with Gasteiger partial charge in [-0.3, -0.25) is 4.79 Å². The van der Waals surface area contributed by atoms with Crippen LogP contribution in [0.15, 0.2) is 17.7 Å². The third-order valence-electron chi connectivity index (χ3n) is 2.62. The molecule has 0 aliphatic rings. The van der Waals surface area contributed by atoms with E-state index in [-0.39, 0.29) is 17.2 Å². The van der Waals surface area contributed by atoms with Crippen LogP contribution in [0.25, 0.3) is 6.08 Å². The Morgan fingerprint density at radius 3 is 2.68 bits per heavy atom. The number of hydrogen-bond acceptors (Lipinski definition) is 4. The van der Waals surface area contributed by atoms with Gasteiger partial charge in [-0.25, -0.2) is 0 Å². The number of terminal acetylenes is 1. The summed E-state index contributed by atoms with van der Waals surface area (Å²) in [6.07, 6.45) is 6.58. The molecule has 0 spiro atoms. The Kier molecular flexibility index (Phi) is 6.31. The van der Waals surface area contributed by atoms with Crippen molar-refractivity contribution in [3.63, 3.8) is 0 Å². The van der Waals surface area contributed by atoms with E-state index >= 15 is 0 Å². The zero-order valence-electron chi connectivity index (χ0n) is 12.5. The van der Waals surface area contributed by atoms with Gasteiger partial charge in [-0.1, -0.05) is 17.5 Å². The fourth-order valence-electron chi connectivity index (χ4n) is 1.63. The number of benzene rings is 1. The van der Waals surface area contributed by atoms with Gasteiger partial charge < -0.3 is 14.4 Å². The van der Waals surface area contributed by atoms with E-state index in [1.807, 2.05) is 6.07 Å². The Balaban J connectivity index is 3.28. The van der Waals surface area contributed by atoms with Crippen molar-refractivity contribution in [1.82, 2.24) is 4.90 Å². The topological polar surface area (TPSA) is 62.6 Å². The number of hydrogen-bond donors (Lipinski definition) is 0. The van der Waals surface area contributed by atoms with Crippen molar-refractivity contribution in [3.05, 3.63) is 28.3 Å². The van der Waals surface area contributed by atoms with Gasteiger partial charge in [-0.15, -0.1) is 6.42 Å². The zero-order chi connectivity index (χ0) is 16.7.